The number of hydrogen-bond acceptors (Lipinski definition) is 4. The third-order valence-corrected chi connectivity index (χ3v) is 3.05. The van der Waals surface area contributed by atoms with Crippen LogP contribution in [-0.2, 0) is 6.42 Å². The third-order valence-electron chi connectivity index (χ3n) is 2.28. The fourth-order valence-corrected chi connectivity index (χ4v) is 2.04. The lowest BCUT2D eigenvalue weighted by Crippen LogP contribution is -2.24. The number of aromatic nitrogens is 2. The summed E-state index contributed by atoms with van der Waals surface area (Å²) in [4.78, 5) is 12.5. The average molecular weight is 251 g/mol. The van der Waals surface area contributed by atoms with E-state index in [1.165, 1.54) is 0 Å². The predicted octanol–water partition coefficient (Wildman–Crippen LogP) is 2.02. The first-order valence-electron chi connectivity index (χ1n) is 5.82. The van der Waals surface area contributed by atoms with Gasteiger partial charge in [-0.15, -0.1) is 17.4 Å². The van der Waals surface area contributed by atoms with Crippen LogP contribution in [0.2, 0.25) is 0 Å². The van der Waals surface area contributed by atoms with E-state index in [9.17, 15) is 4.79 Å². The highest BCUT2D eigenvalue weighted by molar-refractivity contribution is 7.08. The molecule has 0 bridgehead atoms. The Hall–Kier alpha value is -1.41. The minimum absolute atomic E-state index is 0.0656. The molecule has 0 aliphatic rings. The van der Waals surface area contributed by atoms with Gasteiger partial charge in [0.15, 0.2) is 0 Å². The molecule has 0 fully saturated rings. The molecule has 0 radical (unpaired) electrons. The van der Waals surface area contributed by atoms with E-state index >= 15 is 0 Å². The fraction of sp³-hybridized carbons (Fsp3) is 0.583. The number of hydrogen-bond donors (Lipinski definition) is 1. The second kappa shape index (κ2) is 7.80. The highest BCUT2D eigenvalue weighted by Gasteiger charge is 2.14. The largest absolute Gasteiger partial charge is 0.351 e. The van der Waals surface area contributed by atoms with Gasteiger partial charge in [-0.25, -0.2) is 0 Å². The Kier molecular flexibility index (Phi) is 6.26. The molecule has 0 atom stereocenters. The number of terminal acetylenes is 1. The number of rotatable bonds is 7. The molecule has 0 saturated heterocycles. The maximum absolute atomic E-state index is 11.8. The summed E-state index contributed by atoms with van der Waals surface area (Å²) in [5.74, 6) is 2.51. The Balaban J connectivity index is 2.36. The SMILES string of the molecule is C#CCCCCNC(=O)c1snnc1CCC. The Morgan fingerprint density at radius 1 is 1.53 bits per heavy atom. The van der Waals surface area contributed by atoms with E-state index in [2.05, 4.69) is 27.7 Å². The number of carbonyl (C=O) groups excluding carboxylic acids is 1. The topological polar surface area (TPSA) is 54.9 Å². The summed E-state index contributed by atoms with van der Waals surface area (Å²) < 4.78 is 3.82. The molecule has 1 heterocycles. The first-order chi connectivity index (χ1) is 8.29. The predicted molar refractivity (Wildman–Crippen MR) is 68.9 cm³/mol. The van der Waals surface area contributed by atoms with Gasteiger partial charge in [0.2, 0.25) is 0 Å². The van der Waals surface area contributed by atoms with Gasteiger partial charge in [0, 0.05) is 13.0 Å². The van der Waals surface area contributed by atoms with Crippen molar-refractivity contribution in [2.75, 3.05) is 6.54 Å². The van der Waals surface area contributed by atoms with Gasteiger partial charge in [-0.2, -0.15) is 0 Å². The van der Waals surface area contributed by atoms with Crippen LogP contribution in [0.5, 0.6) is 0 Å². The molecule has 1 aromatic rings. The molecule has 0 aliphatic heterocycles. The molecule has 0 spiro atoms. The van der Waals surface area contributed by atoms with E-state index in [0.717, 1.165) is 49.3 Å². The van der Waals surface area contributed by atoms with Crippen molar-refractivity contribution >= 4 is 17.4 Å². The van der Waals surface area contributed by atoms with Crippen molar-refractivity contribution < 1.29 is 4.79 Å². The second-order valence-electron chi connectivity index (χ2n) is 3.72. The van der Waals surface area contributed by atoms with Gasteiger partial charge in [-0.05, 0) is 30.8 Å². The normalized spacial score (nSPS) is 9.88. The summed E-state index contributed by atoms with van der Waals surface area (Å²) >= 11 is 1.16. The number of carbonyl (C=O) groups is 1. The van der Waals surface area contributed by atoms with Gasteiger partial charge in [-0.1, -0.05) is 17.8 Å². The monoisotopic (exact) mass is 251 g/mol. The van der Waals surface area contributed by atoms with Gasteiger partial charge in [0.1, 0.15) is 4.88 Å². The maximum Gasteiger partial charge on any atom is 0.264 e. The van der Waals surface area contributed by atoms with E-state index in [0.29, 0.717) is 11.4 Å². The van der Waals surface area contributed by atoms with Crippen molar-refractivity contribution in [3.63, 3.8) is 0 Å². The molecule has 0 saturated carbocycles. The molecular formula is C12H17N3OS. The van der Waals surface area contributed by atoms with E-state index in [4.69, 9.17) is 6.42 Å². The zero-order valence-electron chi connectivity index (χ0n) is 10.0. The van der Waals surface area contributed by atoms with Gasteiger partial charge in [0.25, 0.3) is 5.91 Å². The molecule has 17 heavy (non-hydrogen) atoms. The van der Waals surface area contributed by atoms with Crippen LogP contribution in [0.25, 0.3) is 0 Å². The van der Waals surface area contributed by atoms with Crippen molar-refractivity contribution in [1.29, 1.82) is 0 Å². The van der Waals surface area contributed by atoms with Crippen LogP contribution in [0.1, 0.15) is 48.0 Å². The fourth-order valence-electron chi connectivity index (χ4n) is 1.42. The summed E-state index contributed by atoms with van der Waals surface area (Å²) in [6.45, 7) is 2.71. The average Bonchev–Trinajstić information content (AvgIpc) is 2.77. The van der Waals surface area contributed by atoms with Crippen LogP contribution in [0.4, 0.5) is 0 Å². The van der Waals surface area contributed by atoms with E-state index < -0.39 is 0 Å². The molecule has 0 unspecified atom stereocenters. The van der Waals surface area contributed by atoms with Gasteiger partial charge >= 0.3 is 0 Å². The van der Waals surface area contributed by atoms with Crippen LogP contribution >= 0.6 is 11.5 Å². The zero-order chi connectivity index (χ0) is 12.5. The molecule has 1 rings (SSSR count). The Morgan fingerprint density at radius 2 is 2.35 bits per heavy atom. The summed E-state index contributed by atoms with van der Waals surface area (Å²) in [5, 5.41) is 6.83. The van der Waals surface area contributed by atoms with Crippen LogP contribution in [0, 0.1) is 12.3 Å². The minimum Gasteiger partial charge on any atom is -0.351 e. The van der Waals surface area contributed by atoms with Crippen molar-refractivity contribution in [2.45, 2.75) is 39.0 Å². The molecule has 5 heteroatoms. The molecule has 1 N–H and O–H groups in total. The Bertz CT molecular complexity index is 395. The molecule has 4 nitrogen and oxygen atoms in total. The van der Waals surface area contributed by atoms with E-state index in [1.807, 2.05) is 0 Å². The van der Waals surface area contributed by atoms with Crippen molar-refractivity contribution in [2.24, 2.45) is 0 Å². The van der Waals surface area contributed by atoms with Crippen molar-refractivity contribution in [3.05, 3.63) is 10.6 Å². The number of nitrogens with zero attached hydrogens (tertiary/aromatic N) is 2. The summed E-state index contributed by atoms with van der Waals surface area (Å²) in [5.41, 5.74) is 0.804. The lowest BCUT2D eigenvalue weighted by atomic mass is 10.2. The lowest BCUT2D eigenvalue weighted by molar-refractivity contribution is 0.0956. The van der Waals surface area contributed by atoms with E-state index in [-0.39, 0.29) is 5.91 Å². The second-order valence-corrected chi connectivity index (χ2v) is 4.47. The summed E-state index contributed by atoms with van der Waals surface area (Å²) in [6, 6.07) is 0. The maximum atomic E-state index is 11.8. The van der Waals surface area contributed by atoms with E-state index in [1.54, 1.807) is 0 Å². The third kappa shape index (κ3) is 4.53. The minimum atomic E-state index is -0.0656. The number of unbranched alkanes of at least 4 members (excludes halogenated alkanes) is 2. The van der Waals surface area contributed by atoms with Crippen LogP contribution in [-0.4, -0.2) is 22.0 Å². The van der Waals surface area contributed by atoms with Gasteiger partial charge in [0.05, 0.1) is 5.69 Å². The number of nitrogens with one attached hydrogen (secondary N) is 1. The smallest absolute Gasteiger partial charge is 0.264 e. The first-order valence-corrected chi connectivity index (χ1v) is 6.59. The Labute approximate surface area is 106 Å². The zero-order valence-corrected chi connectivity index (χ0v) is 10.8. The van der Waals surface area contributed by atoms with Gasteiger partial charge < -0.3 is 5.32 Å². The summed E-state index contributed by atoms with van der Waals surface area (Å²) in [7, 11) is 0. The standard InChI is InChI=1S/C12H17N3OS/c1-3-5-6-7-9-13-12(16)11-10(8-4-2)14-15-17-11/h1H,4-9H2,2H3,(H,13,16). The van der Waals surface area contributed by atoms with Crippen LogP contribution in [0.3, 0.4) is 0 Å². The van der Waals surface area contributed by atoms with Crippen LogP contribution in [0.15, 0.2) is 0 Å². The molecular weight excluding hydrogens is 234 g/mol. The summed E-state index contributed by atoms with van der Waals surface area (Å²) in [6.07, 6.45) is 9.53. The Morgan fingerprint density at radius 3 is 3.06 bits per heavy atom. The highest BCUT2D eigenvalue weighted by atomic mass is 32.1. The molecule has 92 valence electrons. The van der Waals surface area contributed by atoms with Crippen molar-refractivity contribution in [3.8, 4) is 12.3 Å². The van der Waals surface area contributed by atoms with Crippen LogP contribution < -0.4 is 5.32 Å². The lowest BCUT2D eigenvalue weighted by Gasteiger charge is -2.03. The molecule has 0 aliphatic carbocycles. The van der Waals surface area contributed by atoms with Crippen molar-refractivity contribution in [1.82, 2.24) is 14.9 Å². The highest BCUT2D eigenvalue weighted by Crippen LogP contribution is 2.12. The first kappa shape index (κ1) is 13.7. The molecule has 1 aromatic heterocycles. The quantitative estimate of drug-likeness (QED) is 0.596. The molecule has 0 aromatic carbocycles. The number of aryl methyl sites for hydroxylation is 1. The van der Waals surface area contributed by atoms with Gasteiger partial charge in [-0.3, -0.25) is 4.79 Å². The molecule has 1 amide bonds. The number of amides is 1.